The number of aliphatic hydroxyl groups excluding tert-OH is 1. The van der Waals surface area contributed by atoms with Gasteiger partial charge in [-0.25, -0.2) is 14.8 Å². The van der Waals surface area contributed by atoms with Crippen molar-refractivity contribution in [1.82, 2.24) is 34.8 Å². The van der Waals surface area contributed by atoms with Crippen LogP contribution in [0, 0.1) is 46.3 Å². The summed E-state index contributed by atoms with van der Waals surface area (Å²) >= 11 is 0. The van der Waals surface area contributed by atoms with Gasteiger partial charge in [0.25, 0.3) is 0 Å². The monoisotopic (exact) mass is 1180 g/mol. The molecule has 2 aromatic carbocycles. The molecule has 2 N–H and O–H groups in total. The summed E-state index contributed by atoms with van der Waals surface area (Å²) in [6.45, 7) is 12.0. The maximum atomic E-state index is 14.3. The number of nitriles is 2. The summed E-state index contributed by atoms with van der Waals surface area (Å²) in [4.78, 5) is 53.5. The Morgan fingerprint density at radius 3 is 1.40 bits per heavy atom. The number of pyridine rings is 2. The van der Waals surface area contributed by atoms with Crippen LogP contribution in [0.5, 0.6) is 11.5 Å². The molecule has 4 heterocycles. The first kappa shape index (κ1) is 63.4. The van der Waals surface area contributed by atoms with Crippen LogP contribution in [0.1, 0.15) is 184 Å². The summed E-state index contributed by atoms with van der Waals surface area (Å²) in [5.41, 5.74) is 7.47. The maximum Gasteiger partial charge on any atom is 0.407 e. The molecule has 4 saturated carbocycles. The van der Waals surface area contributed by atoms with Gasteiger partial charge >= 0.3 is 6.09 Å². The van der Waals surface area contributed by atoms with E-state index in [1.165, 1.54) is 11.1 Å². The molecule has 4 aromatic heterocycles. The lowest BCUT2D eigenvalue weighted by atomic mass is 9.78. The number of nitrogens with zero attached hydrogens (tertiary/aromatic N) is 10. The first-order valence-corrected chi connectivity index (χ1v) is 31.6. The van der Waals surface area contributed by atoms with Gasteiger partial charge in [-0.15, -0.1) is 0 Å². The van der Waals surface area contributed by atoms with Crippen LogP contribution >= 0.6 is 0 Å². The van der Waals surface area contributed by atoms with Crippen molar-refractivity contribution < 1.29 is 33.7 Å². The fourth-order valence-corrected chi connectivity index (χ4v) is 13.2. The summed E-state index contributed by atoms with van der Waals surface area (Å²) in [7, 11) is 3.18. The minimum Gasteiger partial charge on any atom is -0.495 e. The second-order valence-corrected chi connectivity index (χ2v) is 24.8. The summed E-state index contributed by atoms with van der Waals surface area (Å²) in [6, 6.07) is 24.8. The number of aromatic nitrogens is 6. The topological polar surface area (TPSA) is 227 Å². The van der Waals surface area contributed by atoms with Gasteiger partial charge in [-0.2, -0.15) is 20.7 Å². The molecular weight excluding hydrogens is 1090 g/mol. The summed E-state index contributed by atoms with van der Waals surface area (Å²) in [6.07, 6.45) is 23.9. The lowest BCUT2D eigenvalue weighted by Gasteiger charge is -2.35. The molecule has 18 heteroatoms. The summed E-state index contributed by atoms with van der Waals surface area (Å²) in [5, 5.41) is 40.8. The van der Waals surface area contributed by atoms with Gasteiger partial charge in [-0.05, 0) is 232 Å². The average molecular weight is 1180 g/mol. The van der Waals surface area contributed by atoms with E-state index in [-0.39, 0.29) is 47.9 Å². The van der Waals surface area contributed by atoms with Crippen LogP contribution in [0.3, 0.4) is 0 Å². The van der Waals surface area contributed by atoms with Crippen LogP contribution in [-0.4, -0.2) is 98.6 Å². The number of aliphatic hydroxyl groups is 1. The van der Waals surface area contributed by atoms with Gasteiger partial charge in [0.2, 0.25) is 11.8 Å². The second kappa shape index (κ2) is 30.0. The van der Waals surface area contributed by atoms with Gasteiger partial charge in [0.1, 0.15) is 41.4 Å². The molecule has 0 bridgehead atoms. The molecular formula is C69H87N11O7. The van der Waals surface area contributed by atoms with E-state index in [0.29, 0.717) is 129 Å². The third-order valence-electron chi connectivity index (χ3n) is 18.4. The predicted octanol–water partition coefficient (Wildman–Crippen LogP) is 13.3. The van der Waals surface area contributed by atoms with Crippen molar-refractivity contribution in [3.63, 3.8) is 0 Å². The molecule has 4 aliphatic carbocycles. The Morgan fingerprint density at radius 1 is 0.598 bits per heavy atom. The zero-order chi connectivity index (χ0) is 61.6. The third kappa shape index (κ3) is 16.1. The Labute approximate surface area is 513 Å². The number of alkyl carbamates (subject to hydrolysis) is 1. The van der Waals surface area contributed by atoms with Crippen molar-refractivity contribution in [1.29, 1.82) is 10.5 Å². The Morgan fingerprint density at radius 2 is 1.02 bits per heavy atom. The van der Waals surface area contributed by atoms with Crippen LogP contribution < -0.4 is 24.6 Å². The molecule has 4 fully saturated rings. The van der Waals surface area contributed by atoms with E-state index in [1.807, 2.05) is 99.4 Å². The molecule has 10 rings (SSSR count). The third-order valence-corrected chi connectivity index (χ3v) is 18.4. The summed E-state index contributed by atoms with van der Waals surface area (Å²) in [5.74, 6) is 4.01. The largest absolute Gasteiger partial charge is 0.495 e. The lowest BCUT2D eigenvalue weighted by molar-refractivity contribution is -0.125. The van der Waals surface area contributed by atoms with E-state index in [0.717, 1.165) is 73.6 Å². The molecule has 0 saturated heterocycles. The molecule has 6 aromatic rings. The van der Waals surface area contributed by atoms with Gasteiger partial charge in [0.15, 0.2) is 0 Å². The Hall–Kier alpha value is -8.09. The number of amides is 3. The predicted molar refractivity (Wildman–Crippen MR) is 335 cm³/mol. The molecule has 460 valence electrons. The number of anilines is 2. The van der Waals surface area contributed by atoms with Gasteiger partial charge in [-0.1, -0.05) is 12.1 Å². The highest BCUT2D eigenvalue weighted by molar-refractivity contribution is 5.95. The van der Waals surface area contributed by atoms with Gasteiger partial charge in [-0.3, -0.25) is 28.8 Å². The Kier molecular flexibility index (Phi) is 21.9. The highest BCUT2D eigenvalue weighted by Gasteiger charge is 2.36. The van der Waals surface area contributed by atoms with Crippen LogP contribution in [0.2, 0.25) is 0 Å². The number of carbonyl (C=O) groups excluding carboxylic acids is 3. The zero-order valence-electron chi connectivity index (χ0n) is 51.8. The average Bonchev–Trinajstić information content (AvgIpc) is 3.71. The number of hydrogen-bond donors (Lipinski definition) is 2. The standard InChI is InChI=1S/C36H46N6O4.C33H41N5O3/c1-5-38-36(44)46-32-13-10-27(11-14-32)35(43)41(34-19-29(16-17-39-34)31-21-40-42(23-31)24(2)3)22-25-6-8-26(9-7-25)28-12-15-33(45-4)30(18-28)20-37;1-22(2)38-21-29(19-36-38)27-14-15-35-32(17-27)37(33(40)25-8-11-30(39)12-9-25)20-23-4-6-24(7-5-23)26-10-13-31(41-3)28(16-26)18-34/h12,15-19,21,23-27,32H,5-11,13-14,22H2,1-4H3,(H,38,44);10,13-17,19,21-25,30,39H,4-9,11-12,20H2,1-3H3. The molecule has 0 atom stereocenters. The fourth-order valence-electron chi connectivity index (χ4n) is 13.2. The molecule has 3 amide bonds. The fraction of sp³-hybridized carbons (Fsp3) is 0.522. The van der Waals surface area contributed by atoms with Crippen molar-refractivity contribution in [3.8, 4) is 45.9 Å². The van der Waals surface area contributed by atoms with Crippen molar-refractivity contribution in [2.45, 2.75) is 173 Å². The van der Waals surface area contributed by atoms with E-state index in [9.17, 15) is 30.0 Å². The van der Waals surface area contributed by atoms with Crippen molar-refractivity contribution in [2.24, 2.45) is 23.7 Å². The number of methoxy groups -OCH3 is 2. The van der Waals surface area contributed by atoms with E-state index < -0.39 is 6.09 Å². The second-order valence-electron chi connectivity index (χ2n) is 24.8. The number of hydrogen-bond acceptors (Lipinski definition) is 13. The molecule has 0 spiro atoms. The molecule has 0 unspecified atom stereocenters. The minimum atomic E-state index is -0.394. The highest BCUT2D eigenvalue weighted by atomic mass is 16.6. The van der Waals surface area contributed by atoms with Crippen LogP contribution in [0.15, 0.2) is 97.8 Å². The molecule has 87 heavy (non-hydrogen) atoms. The molecule has 18 nitrogen and oxygen atoms in total. The van der Waals surface area contributed by atoms with Crippen LogP contribution in [0.4, 0.5) is 16.4 Å². The van der Waals surface area contributed by atoms with E-state index >= 15 is 0 Å². The summed E-state index contributed by atoms with van der Waals surface area (Å²) < 4.78 is 20.1. The van der Waals surface area contributed by atoms with Crippen LogP contribution in [0.25, 0.3) is 22.3 Å². The number of benzene rings is 2. The Balaban J connectivity index is 0.000000209. The number of ether oxygens (including phenoxy) is 3. The number of rotatable bonds is 18. The van der Waals surface area contributed by atoms with Gasteiger partial charge in [0, 0.05) is 79.5 Å². The molecule has 0 aliphatic heterocycles. The number of carbonyl (C=O) groups is 3. The molecule has 4 aliphatic rings. The quantitative estimate of drug-likeness (QED) is 0.0817. The lowest BCUT2D eigenvalue weighted by Crippen LogP contribution is -2.42. The van der Waals surface area contributed by atoms with Crippen molar-refractivity contribution >= 4 is 29.5 Å². The molecule has 0 radical (unpaired) electrons. The van der Waals surface area contributed by atoms with Crippen molar-refractivity contribution in [3.05, 3.63) is 120 Å². The smallest absolute Gasteiger partial charge is 0.407 e. The normalized spacial score (nSPS) is 22.0. The highest BCUT2D eigenvalue weighted by Crippen LogP contribution is 2.41. The van der Waals surface area contributed by atoms with Gasteiger partial charge in [0.05, 0.1) is 43.8 Å². The van der Waals surface area contributed by atoms with E-state index in [4.69, 9.17) is 19.2 Å². The zero-order valence-corrected chi connectivity index (χ0v) is 51.8. The minimum absolute atomic E-state index is 0.0902. The maximum absolute atomic E-state index is 14.3. The number of nitrogens with one attached hydrogen (secondary N) is 1. The van der Waals surface area contributed by atoms with Crippen LogP contribution in [-0.2, 0) is 14.3 Å². The first-order chi connectivity index (χ1) is 42.1. The van der Waals surface area contributed by atoms with E-state index in [1.54, 1.807) is 26.6 Å². The van der Waals surface area contributed by atoms with Crippen molar-refractivity contribution in [2.75, 3.05) is 43.7 Å². The Bertz CT molecular complexity index is 3350. The first-order valence-electron chi connectivity index (χ1n) is 31.6. The SMILES string of the molecule is CCNC(=O)OC1CCC(C(=O)N(CC2CCC(c3ccc(OC)c(C#N)c3)CC2)c2cc(-c3cnn(C(C)C)c3)ccn2)CC1.COc1ccc(C2CCC(CN(C(=O)C3CCC(O)CC3)c3cc(-c4cnn(C(C)C)c4)ccn3)CC2)cc1C#N. The van der Waals surface area contributed by atoms with Gasteiger partial charge < -0.3 is 24.6 Å². The van der Waals surface area contributed by atoms with E-state index in [2.05, 4.69) is 72.5 Å².